The zero-order valence-electron chi connectivity index (χ0n) is 18.2. The van der Waals surface area contributed by atoms with Crippen molar-refractivity contribution < 1.29 is 42.1 Å². The second-order valence-electron chi connectivity index (χ2n) is 7.53. The number of aromatic nitrogens is 2. The van der Waals surface area contributed by atoms with Crippen LogP contribution in [0.4, 0.5) is 18.0 Å². The fraction of sp³-hybridized carbons (Fsp3) is 0.318. The van der Waals surface area contributed by atoms with Crippen LogP contribution in [0.2, 0.25) is 0 Å². The Morgan fingerprint density at radius 3 is 2.68 bits per heavy atom. The van der Waals surface area contributed by atoms with Gasteiger partial charge in [0, 0.05) is 25.2 Å². The van der Waals surface area contributed by atoms with Crippen LogP contribution in [-0.4, -0.2) is 71.5 Å². The molecule has 2 aromatic heterocycles. The third kappa shape index (κ3) is 4.12. The van der Waals surface area contributed by atoms with Crippen molar-refractivity contribution in [2.24, 2.45) is 0 Å². The van der Waals surface area contributed by atoms with E-state index in [-0.39, 0.29) is 36.6 Å². The number of imidazole rings is 1. The van der Waals surface area contributed by atoms with Crippen LogP contribution < -0.4 is 4.74 Å². The zero-order chi connectivity index (χ0) is 24.6. The zero-order valence-corrected chi connectivity index (χ0v) is 18.2. The van der Waals surface area contributed by atoms with Gasteiger partial charge in [0.25, 0.3) is 0 Å². The first kappa shape index (κ1) is 23.4. The molecule has 34 heavy (non-hydrogen) atoms. The third-order valence-electron chi connectivity index (χ3n) is 5.55. The summed E-state index contributed by atoms with van der Waals surface area (Å²) in [5, 5.41) is 9.04. The Labute approximate surface area is 191 Å². The molecule has 1 amide bonds. The van der Waals surface area contributed by atoms with E-state index >= 15 is 0 Å². The van der Waals surface area contributed by atoms with E-state index in [1.165, 1.54) is 25.2 Å². The lowest BCUT2D eigenvalue weighted by atomic mass is 10.0. The van der Waals surface area contributed by atoms with Gasteiger partial charge in [-0.05, 0) is 12.1 Å². The number of morpholine rings is 1. The molecule has 4 rings (SSSR count). The average Bonchev–Trinajstić information content (AvgIpc) is 3.17. The highest BCUT2D eigenvalue weighted by atomic mass is 19.2. The maximum atomic E-state index is 15.0. The van der Waals surface area contributed by atoms with Gasteiger partial charge < -0.3 is 28.6 Å². The minimum absolute atomic E-state index is 0.0531. The third-order valence-corrected chi connectivity index (χ3v) is 5.55. The number of nitrogens with zero attached hydrogens (tertiary/aromatic N) is 3. The molecular weight excluding hydrogens is 459 g/mol. The van der Waals surface area contributed by atoms with Crippen molar-refractivity contribution in [2.45, 2.75) is 12.5 Å². The molecular formula is C22H20F3N3O6. The molecule has 0 spiro atoms. The van der Waals surface area contributed by atoms with Crippen LogP contribution in [0.1, 0.15) is 16.1 Å². The van der Waals surface area contributed by atoms with Crippen molar-refractivity contribution in [1.29, 1.82) is 0 Å². The summed E-state index contributed by atoms with van der Waals surface area (Å²) >= 11 is 0. The standard InChI is InChI=1S/C22H20F3N3O6/c1-32-11-3-4-28-15(7-12-10-27(5-6-34-12)22(31)33-2)20(26-16(28)8-11)17-14(23)9-13(21(29)30)18(24)19(17)25/h3-4,8-9,12H,5-7,10H2,1-2H3,(H,29,30)/t12-/m0/s1. The van der Waals surface area contributed by atoms with E-state index in [2.05, 4.69) is 4.98 Å². The molecule has 1 atom stereocenters. The van der Waals surface area contributed by atoms with Crippen LogP contribution in [0.3, 0.4) is 0 Å². The number of carboxylic acid groups (broad SMARTS) is 1. The molecule has 0 saturated carbocycles. The predicted molar refractivity (Wildman–Crippen MR) is 111 cm³/mol. The lowest BCUT2D eigenvalue weighted by molar-refractivity contribution is -0.0241. The summed E-state index contributed by atoms with van der Waals surface area (Å²) in [6.45, 7) is 0.669. The number of carboxylic acids is 1. The Kier molecular flexibility index (Phi) is 6.33. The van der Waals surface area contributed by atoms with Crippen molar-refractivity contribution in [3.8, 4) is 17.0 Å². The summed E-state index contributed by atoms with van der Waals surface area (Å²) in [7, 11) is 2.69. The number of aromatic carboxylic acids is 1. The summed E-state index contributed by atoms with van der Waals surface area (Å²) in [4.78, 5) is 28.8. The Hall–Kier alpha value is -3.80. The minimum Gasteiger partial charge on any atom is -0.497 e. The van der Waals surface area contributed by atoms with E-state index in [1.54, 1.807) is 16.7 Å². The molecule has 0 unspecified atom stereocenters. The molecule has 1 aliphatic rings. The Bertz CT molecular complexity index is 1280. The lowest BCUT2D eigenvalue weighted by Crippen LogP contribution is -2.46. The molecule has 3 aromatic rings. The first-order valence-corrected chi connectivity index (χ1v) is 10.2. The van der Waals surface area contributed by atoms with Gasteiger partial charge in [0.15, 0.2) is 11.6 Å². The van der Waals surface area contributed by atoms with Gasteiger partial charge in [0.1, 0.15) is 22.8 Å². The molecule has 12 heteroatoms. The van der Waals surface area contributed by atoms with E-state index < -0.39 is 46.7 Å². The Morgan fingerprint density at radius 1 is 1.24 bits per heavy atom. The summed E-state index contributed by atoms with van der Waals surface area (Å²) in [5.74, 6) is -6.03. The number of carbonyl (C=O) groups is 2. The van der Waals surface area contributed by atoms with E-state index in [0.29, 0.717) is 18.4 Å². The minimum atomic E-state index is -1.81. The molecule has 1 N–H and O–H groups in total. The molecule has 1 aromatic carbocycles. The lowest BCUT2D eigenvalue weighted by Gasteiger charge is -2.32. The molecule has 1 aliphatic heterocycles. The van der Waals surface area contributed by atoms with E-state index in [9.17, 15) is 22.8 Å². The summed E-state index contributed by atoms with van der Waals surface area (Å²) in [5.41, 5.74) is -1.63. The van der Waals surface area contributed by atoms with Crippen LogP contribution in [0.15, 0.2) is 24.4 Å². The smallest absolute Gasteiger partial charge is 0.409 e. The number of benzene rings is 1. The number of hydrogen-bond acceptors (Lipinski definition) is 6. The first-order chi connectivity index (χ1) is 16.2. The SMILES string of the molecule is COC(=O)N1CCO[C@@H](Cc2c(-c3c(F)cc(C(=O)O)c(F)c3F)nc3cc(OC)ccn23)C1. The number of hydrogen-bond donors (Lipinski definition) is 1. The molecule has 3 heterocycles. The van der Waals surface area contributed by atoms with Crippen LogP contribution in [0.25, 0.3) is 16.9 Å². The van der Waals surface area contributed by atoms with Gasteiger partial charge in [-0.25, -0.2) is 27.7 Å². The van der Waals surface area contributed by atoms with E-state index in [1.807, 2.05) is 0 Å². The average molecular weight is 479 g/mol. The second-order valence-corrected chi connectivity index (χ2v) is 7.53. The van der Waals surface area contributed by atoms with Gasteiger partial charge >= 0.3 is 12.1 Å². The number of methoxy groups -OCH3 is 2. The summed E-state index contributed by atoms with van der Waals surface area (Å²) in [6, 6.07) is 3.54. The Balaban J connectivity index is 1.85. The number of amides is 1. The van der Waals surface area contributed by atoms with E-state index in [4.69, 9.17) is 19.3 Å². The van der Waals surface area contributed by atoms with Crippen molar-refractivity contribution in [2.75, 3.05) is 33.9 Å². The summed E-state index contributed by atoms with van der Waals surface area (Å²) in [6.07, 6.45) is 0.499. The number of fused-ring (bicyclic) bond motifs is 1. The predicted octanol–water partition coefficient (Wildman–Crippen LogP) is 3.14. The fourth-order valence-electron chi connectivity index (χ4n) is 3.92. The van der Waals surface area contributed by atoms with Crippen LogP contribution >= 0.6 is 0 Å². The monoisotopic (exact) mass is 479 g/mol. The highest BCUT2D eigenvalue weighted by Crippen LogP contribution is 2.34. The molecule has 0 bridgehead atoms. The quantitative estimate of drug-likeness (QED) is 0.561. The number of carbonyl (C=O) groups excluding carboxylic acids is 1. The van der Waals surface area contributed by atoms with Crippen LogP contribution in [-0.2, 0) is 15.9 Å². The number of ether oxygens (including phenoxy) is 3. The molecule has 0 aliphatic carbocycles. The highest BCUT2D eigenvalue weighted by Gasteiger charge is 2.31. The Morgan fingerprint density at radius 2 is 2.00 bits per heavy atom. The maximum absolute atomic E-state index is 15.0. The first-order valence-electron chi connectivity index (χ1n) is 10.2. The van der Waals surface area contributed by atoms with Crippen molar-refractivity contribution in [1.82, 2.24) is 14.3 Å². The van der Waals surface area contributed by atoms with Gasteiger partial charge in [-0.2, -0.15) is 0 Å². The maximum Gasteiger partial charge on any atom is 0.409 e. The number of halogens is 3. The van der Waals surface area contributed by atoms with E-state index in [0.717, 1.165) is 0 Å². The topological polar surface area (TPSA) is 103 Å². The van der Waals surface area contributed by atoms with Crippen molar-refractivity contribution >= 4 is 17.7 Å². The molecule has 1 saturated heterocycles. The number of rotatable bonds is 5. The second kappa shape index (κ2) is 9.21. The van der Waals surface area contributed by atoms with Gasteiger partial charge in [-0.15, -0.1) is 0 Å². The van der Waals surface area contributed by atoms with Gasteiger partial charge in [-0.1, -0.05) is 0 Å². The molecule has 0 radical (unpaired) electrons. The van der Waals surface area contributed by atoms with Crippen molar-refractivity contribution in [3.05, 3.63) is 53.1 Å². The highest BCUT2D eigenvalue weighted by molar-refractivity contribution is 5.89. The molecule has 1 fully saturated rings. The number of pyridine rings is 1. The largest absolute Gasteiger partial charge is 0.497 e. The molecule has 180 valence electrons. The fourth-order valence-corrected chi connectivity index (χ4v) is 3.92. The molecule has 9 nitrogen and oxygen atoms in total. The normalized spacial score (nSPS) is 16.0. The van der Waals surface area contributed by atoms with Gasteiger partial charge in [-0.3, -0.25) is 0 Å². The van der Waals surface area contributed by atoms with Gasteiger partial charge in [0.05, 0.1) is 50.4 Å². The van der Waals surface area contributed by atoms with Gasteiger partial charge in [0.2, 0.25) is 0 Å². The van der Waals surface area contributed by atoms with Crippen molar-refractivity contribution in [3.63, 3.8) is 0 Å². The van der Waals surface area contributed by atoms with Crippen LogP contribution in [0, 0.1) is 17.5 Å². The van der Waals surface area contributed by atoms with Crippen LogP contribution in [0.5, 0.6) is 5.75 Å². The summed E-state index contributed by atoms with van der Waals surface area (Å²) < 4.78 is 61.6.